The van der Waals surface area contributed by atoms with Crippen molar-refractivity contribution in [2.45, 2.75) is 39.5 Å². The first-order valence-corrected chi connectivity index (χ1v) is 5.38. The molecule has 0 aromatic rings. The van der Waals surface area contributed by atoms with Gasteiger partial charge in [-0.25, -0.2) is 0 Å². The van der Waals surface area contributed by atoms with Gasteiger partial charge in [0.25, 0.3) is 0 Å². The molecule has 0 N–H and O–H groups in total. The van der Waals surface area contributed by atoms with Crippen LogP contribution in [-0.2, 0) is 14.3 Å². The zero-order valence-electron chi connectivity index (χ0n) is 9.47. The number of carbonyl (C=O) groups is 2. The van der Waals surface area contributed by atoms with Crippen LogP contribution in [0.25, 0.3) is 0 Å². The van der Waals surface area contributed by atoms with Crippen LogP contribution < -0.4 is 0 Å². The largest absolute Gasteiger partial charge is 0.465 e. The van der Waals surface area contributed by atoms with E-state index in [1.54, 1.807) is 6.92 Å². The molecule has 3 nitrogen and oxygen atoms in total. The van der Waals surface area contributed by atoms with Crippen molar-refractivity contribution in [2.75, 3.05) is 6.61 Å². The zero-order chi connectivity index (χ0) is 11.5. The summed E-state index contributed by atoms with van der Waals surface area (Å²) in [7, 11) is 0. The molecule has 1 aliphatic carbocycles. The van der Waals surface area contributed by atoms with Gasteiger partial charge >= 0.3 is 5.97 Å². The second kappa shape index (κ2) is 4.60. The Balaban J connectivity index is 2.90. The number of rotatable bonds is 4. The Labute approximate surface area is 90.5 Å². The lowest BCUT2D eigenvalue weighted by Crippen LogP contribution is -2.37. The molecule has 15 heavy (non-hydrogen) atoms. The van der Waals surface area contributed by atoms with Crippen molar-refractivity contribution < 1.29 is 14.3 Å². The zero-order valence-corrected chi connectivity index (χ0v) is 9.47. The van der Waals surface area contributed by atoms with Crippen LogP contribution >= 0.6 is 0 Å². The summed E-state index contributed by atoms with van der Waals surface area (Å²) in [4.78, 5) is 23.6. The topological polar surface area (TPSA) is 43.4 Å². The molecule has 0 aromatic carbocycles. The first-order chi connectivity index (χ1) is 7.03. The molecule has 0 aromatic heterocycles. The Morgan fingerprint density at radius 1 is 1.60 bits per heavy atom. The second-order valence-electron chi connectivity index (χ2n) is 4.21. The molecule has 3 heteroatoms. The first-order valence-electron chi connectivity index (χ1n) is 5.38. The number of ketones is 1. The van der Waals surface area contributed by atoms with Gasteiger partial charge in [0, 0.05) is 6.42 Å². The van der Waals surface area contributed by atoms with Crippen LogP contribution in [-0.4, -0.2) is 18.4 Å². The minimum absolute atomic E-state index is 0.0175. The summed E-state index contributed by atoms with van der Waals surface area (Å²) in [6.45, 7) is 7.70. The lowest BCUT2D eigenvalue weighted by atomic mass is 9.79. The highest BCUT2D eigenvalue weighted by atomic mass is 16.5. The van der Waals surface area contributed by atoms with Gasteiger partial charge in [-0.3, -0.25) is 9.59 Å². The van der Waals surface area contributed by atoms with E-state index in [-0.39, 0.29) is 11.8 Å². The van der Waals surface area contributed by atoms with Gasteiger partial charge < -0.3 is 4.74 Å². The van der Waals surface area contributed by atoms with Gasteiger partial charge in [0.05, 0.1) is 6.61 Å². The SMILES string of the molecule is C=C(C)CC1(C(=O)OCC)CCCC1=O. The summed E-state index contributed by atoms with van der Waals surface area (Å²) in [6.07, 6.45) is 2.32. The maximum Gasteiger partial charge on any atom is 0.319 e. The third kappa shape index (κ3) is 2.28. The molecular weight excluding hydrogens is 192 g/mol. The standard InChI is InChI=1S/C12H18O3/c1-4-15-11(14)12(8-9(2)3)7-5-6-10(12)13/h2,4-8H2,1,3H3. The minimum atomic E-state index is -0.915. The first kappa shape index (κ1) is 12.0. The quantitative estimate of drug-likeness (QED) is 0.406. The van der Waals surface area contributed by atoms with Crippen molar-refractivity contribution in [3.8, 4) is 0 Å². The Kier molecular flexibility index (Phi) is 3.66. The second-order valence-corrected chi connectivity index (χ2v) is 4.21. The predicted octanol–water partition coefficient (Wildman–Crippen LogP) is 2.26. The molecule has 0 heterocycles. The molecule has 1 unspecified atom stereocenters. The smallest absolute Gasteiger partial charge is 0.319 e. The van der Waals surface area contributed by atoms with Crippen LogP contribution in [0, 0.1) is 5.41 Å². The van der Waals surface area contributed by atoms with E-state index in [2.05, 4.69) is 6.58 Å². The van der Waals surface area contributed by atoms with Crippen molar-refractivity contribution in [3.63, 3.8) is 0 Å². The fourth-order valence-corrected chi connectivity index (χ4v) is 2.19. The number of hydrogen-bond donors (Lipinski definition) is 0. The van der Waals surface area contributed by atoms with Crippen molar-refractivity contribution in [1.29, 1.82) is 0 Å². The minimum Gasteiger partial charge on any atom is -0.465 e. The summed E-state index contributed by atoms with van der Waals surface area (Å²) < 4.78 is 5.00. The molecule has 0 spiro atoms. The van der Waals surface area contributed by atoms with E-state index >= 15 is 0 Å². The highest BCUT2D eigenvalue weighted by molar-refractivity contribution is 6.05. The molecule has 84 valence electrons. The van der Waals surface area contributed by atoms with E-state index in [1.165, 1.54) is 0 Å². The summed E-state index contributed by atoms with van der Waals surface area (Å²) in [5, 5.41) is 0. The fraction of sp³-hybridized carbons (Fsp3) is 0.667. The fourth-order valence-electron chi connectivity index (χ4n) is 2.19. The predicted molar refractivity (Wildman–Crippen MR) is 57.4 cm³/mol. The van der Waals surface area contributed by atoms with Crippen LogP contribution in [0.5, 0.6) is 0 Å². The van der Waals surface area contributed by atoms with Gasteiger partial charge in [-0.1, -0.05) is 5.57 Å². The van der Waals surface area contributed by atoms with Gasteiger partial charge in [-0.05, 0) is 33.1 Å². The van der Waals surface area contributed by atoms with Gasteiger partial charge in [0.2, 0.25) is 0 Å². The van der Waals surface area contributed by atoms with E-state index in [0.717, 1.165) is 12.0 Å². The molecule has 1 aliphatic rings. The number of Topliss-reactive ketones (excluding diaryl/α,β-unsaturated/α-hetero) is 1. The molecule has 0 amide bonds. The van der Waals surface area contributed by atoms with E-state index in [1.807, 2.05) is 6.92 Å². The number of esters is 1. The Hall–Kier alpha value is -1.12. The molecule has 0 aliphatic heterocycles. The maximum absolute atomic E-state index is 11.8. The summed E-state index contributed by atoms with van der Waals surface area (Å²) in [5.74, 6) is -0.348. The molecule has 1 atom stereocenters. The lowest BCUT2D eigenvalue weighted by Gasteiger charge is -2.24. The van der Waals surface area contributed by atoms with Gasteiger partial charge in [0.15, 0.2) is 5.78 Å². The van der Waals surface area contributed by atoms with Crippen LogP contribution in [0.15, 0.2) is 12.2 Å². The van der Waals surface area contributed by atoms with Crippen molar-refractivity contribution in [3.05, 3.63) is 12.2 Å². The molecular formula is C12H18O3. The Morgan fingerprint density at radius 3 is 2.67 bits per heavy atom. The molecule has 1 saturated carbocycles. The lowest BCUT2D eigenvalue weighted by molar-refractivity contribution is -0.158. The highest BCUT2D eigenvalue weighted by Gasteiger charge is 2.49. The van der Waals surface area contributed by atoms with Crippen molar-refractivity contribution in [2.24, 2.45) is 5.41 Å². The normalized spacial score (nSPS) is 25.3. The molecule has 0 radical (unpaired) electrons. The maximum atomic E-state index is 11.8. The average Bonchev–Trinajstić information content (AvgIpc) is 2.48. The number of allylic oxidation sites excluding steroid dienone is 1. The van der Waals surface area contributed by atoms with Crippen LogP contribution in [0.4, 0.5) is 0 Å². The van der Waals surface area contributed by atoms with Crippen molar-refractivity contribution in [1.82, 2.24) is 0 Å². The molecule has 0 saturated heterocycles. The van der Waals surface area contributed by atoms with Crippen LogP contribution in [0.2, 0.25) is 0 Å². The van der Waals surface area contributed by atoms with E-state index < -0.39 is 5.41 Å². The molecule has 0 bridgehead atoms. The number of carbonyl (C=O) groups excluding carboxylic acids is 2. The third-order valence-electron chi connectivity index (χ3n) is 2.81. The average molecular weight is 210 g/mol. The van der Waals surface area contributed by atoms with Crippen LogP contribution in [0.3, 0.4) is 0 Å². The third-order valence-corrected chi connectivity index (χ3v) is 2.81. The summed E-state index contributed by atoms with van der Waals surface area (Å²) in [5.41, 5.74) is -0.0553. The van der Waals surface area contributed by atoms with E-state index in [4.69, 9.17) is 4.74 Å². The van der Waals surface area contributed by atoms with Crippen molar-refractivity contribution >= 4 is 11.8 Å². The molecule has 1 rings (SSSR count). The highest BCUT2D eigenvalue weighted by Crippen LogP contribution is 2.41. The number of hydrogen-bond acceptors (Lipinski definition) is 3. The Morgan fingerprint density at radius 2 is 2.27 bits per heavy atom. The van der Waals surface area contributed by atoms with Gasteiger partial charge in [-0.2, -0.15) is 0 Å². The monoisotopic (exact) mass is 210 g/mol. The van der Waals surface area contributed by atoms with Crippen LogP contribution in [0.1, 0.15) is 39.5 Å². The van der Waals surface area contributed by atoms with E-state index in [0.29, 0.717) is 25.9 Å². The van der Waals surface area contributed by atoms with Gasteiger partial charge in [-0.15, -0.1) is 6.58 Å². The Bertz CT molecular complexity index is 293. The van der Waals surface area contributed by atoms with Gasteiger partial charge in [0.1, 0.15) is 5.41 Å². The van der Waals surface area contributed by atoms with E-state index in [9.17, 15) is 9.59 Å². The molecule has 1 fully saturated rings. The summed E-state index contributed by atoms with van der Waals surface area (Å²) >= 11 is 0. The summed E-state index contributed by atoms with van der Waals surface area (Å²) in [6, 6.07) is 0. The number of ether oxygens (including phenoxy) is 1.